The standard InChI is InChI=1S/C22H17ClN2O3/c1-14(26)15-6-5-9-18(13-15)24-21(27)16-7-4-8-17(12-16)22(28)25-20-11-3-2-10-19(20)23/h2-13H,1H3,(H,24,27)(H,25,28). The third kappa shape index (κ3) is 4.64. The van der Waals surface area contributed by atoms with E-state index in [9.17, 15) is 14.4 Å². The van der Waals surface area contributed by atoms with Crippen LogP contribution in [0.3, 0.4) is 0 Å². The number of anilines is 2. The predicted molar refractivity (Wildman–Crippen MR) is 110 cm³/mol. The van der Waals surface area contributed by atoms with Crippen molar-refractivity contribution in [2.24, 2.45) is 0 Å². The molecule has 3 aromatic rings. The number of carbonyl (C=O) groups excluding carboxylic acids is 3. The molecule has 2 amide bonds. The van der Waals surface area contributed by atoms with Crippen LogP contribution in [0.5, 0.6) is 0 Å². The van der Waals surface area contributed by atoms with E-state index in [-0.39, 0.29) is 17.6 Å². The predicted octanol–water partition coefficient (Wildman–Crippen LogP) is 5.05. The Hall–Kier alpha value is -3.44. The molecule has 0 heterocycles. The van der Waals surface area contributed by atoms with Crippen LogP contribution in [0.4, 0.5) is 11.4 Å². The van der Waals surface area contributed by atoms with Gasteiger partial charge in [-0.3, -0.25) is 14.4 Å². The fourth-order valence-corrected chi connectivity index (χ4v) is 2.76. The van der Waals surface area contributed by atoms with Gasteiger partial charge in [-0.15, -0.1) is 0 Å². The van der Waals surface area contributed by atoms with Crippen molar-refractivity contribution in [3.05, 3.63) is 94.5 Å². The minimum atomic E-state index is -0.381. The van der Waals surface area contributed by atoms with Gasteiger partial charge in [-0.05, 0) is 49.4 Å². The summed E-state index contributed by atoms with van der Waals surface area (Å²) in [5.74, 6) is -0.844. The van der Waals surface area contributed by atoms with E-state index in [0.717, 1.165) is 0 Å². The zero-order valence-electron chi connectivity index (χ0n) is 15.0. The number of ketones is 1. The monoisotopic (exact) mass is 392 g/mol. The highest BCUT2D eigenvalue weighted by atomic mass is 35.5. The quantitative estimate of drug-likeness (QED) is 0.597. The lowest BCUT2D eigenvalue weighted by Gasteiger charge is -2.09. The highest BCUT2D eigenvalue weighted by Crippen LogP contribution is 2.21. The summed E-state index contributed by atoms with van der Waals surface area (Å²) in [4.78, 5) is 36.5. The lowest BCUT2D eigenvalue weighted by molar-refractivity contribution is 0.100. The highest BCUT2D eigenvalue weighted by molar-refractivity contribution is 6.33. The van der Waals surface area contributed by atoms with E-state index in [1.165, 1.54) is 13.0 Å². The Balaban J connectivity index is 1.76. The van der Waals surface area contributed by atoms with Crippen molar-refractivity contribution in [2.75, 3.05) is 10.6 Å². The number of hydrogen-bond donors (Lipinski definition) is 2. The highest BCUT2D eigenvalue weighted by Gasteiger charge is 2.12. The van der Waals surface area contributed by atoms with E-state index in [1.807, 2.05) is 0 Å². The van der Waals surface area contributed by atoms with Crippen LogP contribution in [0.1, 0.15) is 38.0 Å². The number of amides is 2. The van der Waals surface area contributed by atoms with Crippen LogP contribution in [-0.2, 0) is 0 Å². The van der Waals surface area contributed by atoms with E-state index < -0.39 is 0 Å². The third-order valence-corrected chi connectivity index (χ3v) is 4.37. The van der Waals surface area contributed by atoms with Crippen molar-refractivity contribution in [1.29, 1.82) is 0 Å². The van der Waals surface area contributed by atoms with E-state index in [4.69, 9.17) is 11.6 Å². The van der Waals surface area contributed by atoms with Crippen molar-refractivity contribution >= 4 is 40.6 Å². The Kier molecular flexibility index (Phi) is 5.87. The summed E-state index contributed by atoms with van der Waals surface area (Å²) in [6.45, 7) is 1.46. The molecule has 0 aliphatic carbocycles. The first-order valence-corrected chi connectivity index (χ1v) is 8.90. The number of hydrogen-bond acceptors (Lipinski definition) is 3. The van der Waals surface area contributed by atoms with E-state index in [2.05, 4.69) is 10.6 Å². The van der Waals surface area contributed by atoms with Gasteiger partial charge in [0.25, 0.3) is 11.8 Å². The smallest absolute Gasteiger partial charge is 0.255 e. The molecule has 0 aliphatic rings. The number of nitrogens with one attached hydrogen (secondary N) is 2. The van der Waals surface area contributed by atoms with Crippen molar-refractivity contribution in [3.8, 4) is 0 Å². The maximum absolute atomic E-state index is 12.5. The lowest BCUT2D eigenvalue weighted by atomic mass is 10.1. The summed E-state index contributed by atoms with van der Waals surface area (Å²) < 4.78 is 0. The van der Waals surface area contributed by atoms with Crippen molar-refractivity contribution in [1.82, 2.24) is 0 Å². The lowest BCUT2D eigenvalue weighted by Crippen LogP contribution is -2.16. The number of Topliss-reactive ketones (excluding diaryl/α,β-unsaturated/α-hetero) is 1. The Morgan fingerprint density at radius 2 is 1.32 bits per heavy atom. The molecule has 0 unspecified atom stereocenters. The first-order chi connectivity index (χ1) is 13.4. The molecular weight excluding hydrogens is 376 g/mol. The summed E-state index contributed by atoms with van der Waals surface area (Å²) in [6.07, 6.45) is 0. The molecule has 0 fully saturated rings. The van der Waals surface area contributed by atoms with Gasteiger partial charge in [-0.1, -0.05) is 41.9 Å². The molecule has 0 saturated carbocycles. The minimum absolute atomic E-state index is 0.0886. The summed E-state index contributed by atoms with van der Waals surface area (Å²) in [7, 11) is 0. The van der Waals surface area contributed by atoms with Crippen LogP contribution >= 0.6 is 11.6 Å². The molecule has 2 N–H and O–H groups in total. The van der Waals surface area contributed by atoms with Gasteiger partial charge in [-0.25, -0.2) is 0 Å². The van der Waals surface area contributed by atoms with Crippen LogP contribution in [0.25, 0.3) is 0 Å². The SMILES string of the molecule is CC(=O)c1cccc(NC(=O)c2cccc(C(=O)Nc3ccccc3Cl)c2)c1. The molecule has 0 aromatic heterocycles. The first-order valence-electron chi connectivity index (χ1n) is 8.52. The van der Waals surface area contributed by atoms with Crippen LogP contribution in [0.2, 0.25) is 5.02 Å². The molecule has 0 radical (unpaired) electrons. The second-order valence-corrected chi connectivity index (χ2v) is 6.51. The average Bonchev–Trinajstić information content (AvgIpc) is 2.70. The summed E-state index contributed by atoms with van der Waals surface area (Å²) >= 11 is 6.06. The molecule has 0 aliphatic heterocycles. The molecule has 28 heavy (non-hydrogen) atoms. The molecule has 3 aromatic carbocycles. The molecule has 6 heteroatoms. The third-order valence-electron chi connectivity index (χ3n) is 4.04. The fraction of sp³-hybridized carbons (Fsp3) is 0.0455. The summed E-state index contributed by atoms with van der Waals surface area (Å²) in [6, 6.07) is 19.9. The number of benzene rings is 3. The van der Waals surface area contributed by atoms with Crippen molar-refractivity contribution in [3.63, 3.8) is 0 Å². The van der Waals surface area contributed by atoms with Crippen molar-refractivity contribution < 1.29 is 14.4 Å². The number of halogens is 1. The van der Waals surface area contributed by atoms with Gasteiger partial charge in [0.05, 0.1) is 10.7 Å². The van der Waals surface area contributed by atoms with Crippen LogP contribution in [0.15, 0.2) is 72.8 Å². The molecule has 0 bridgehead atoms. The van der Waals surface area contributed by atoms with Gasteiger partial charge < -0.3 is 10.6 Å². The second kappa shape index (κ2) is 8.50. The average molecular weight is 393 g/mol. The molecular formula is C22H17ClN2O3. The number of para-hydroxylation sites is 1. The topological polar surface area (TPSA) is 75.3 Å². The molecule has 140 valence electrons. The summed E-state index contributed by atoms with van der Waals surface area (Å²) in [5.41, 5.74) is 2.14. The largest absolute Gasteiger partial charge is 0.322 e. The molecule has 0 atom stereocenters. The Morgan fingerprint density at radius 3 is 2.00 bits per heavy atom. The summed E-state index contributed by atoms with van der Waals surface area (Å²) in [5, 5.41) is 5.88. The first kappa shape index (κ1) is 19.3. The van der Waals surface area contributed by atoms with Crippen LogP contribution in [0, 0.1) is 0 Å². The Labute approximate surface area is 167 Å². The van der Waals surface area contributed by atoms with Gasteiger partial charge in [0.15, 0.2) is 5.78 Å². The van der Waals surface area contributed by atoms with Gasteiger partial charge in [0.1, 0.15) is 0 Å². The number of rotatable bonds is 5. The van der Waals surface area contributed by atoms with Crippen LogP contribution in [-0.4, -0.2) is 17.6 Å². The molecule has 5 nitrogen and oxygen atoms in total. The van der Waals surface area contributed by atoms with Crippen molar-refractivity contribution in [2.45, 2.75) is 6.92 Å². The number of carbonyl (C=O) groups is 3. The normalized spacial score (nSPS) is 10.2. The zero-order chi connectivity index (χ0) is 20.1. The van der Waals surface area contributed by atoms with E-state index in [0.29, 0.717) is 33.1 Å². The second-order valence-electron chi connectivity index (χ2n) is 6.11. The van der Waals surface area contributed by atoms with Gasteiger partial charge in [-0.2, -0.15) is 0 Å². The maximum Gasteiger partial charge on any atom is 0.255 e. The Morgan fingerprint density at radius 1 is 0.714 bits per heavy atom. The van der Waals surface area contributed by atoms with E-state index in [1.54, 1.807) is 66.7 Å². The van der Waals surface area contributed by atoms with Gasteiger partial charge in [0.2, 0.25) is 0 Å². The van der Waals surface area contributed by atoms with Gasteiger partial charge in [0, 0.05) is 22.4 Å². The minimum Gasteiger partial charge on any atom is -0.322 e. The molecule has 0 spiro atoms. The maximum atomic E-state index is 12.5. The van der Waals surface area contributed by atoms with Crippen LogP contribution < -0.4 is 10.6 Å². The van der Waals surface area contributed by atoms with E-state index >= 15 is 0 Å². The fourth-order valence-electron chi connectivity index (χ4n) is 2.58. The Bertz CT molecular complexity index is 1060. The molecule has 3 rings (SSSR count). The molecule has 0 saturated heterocycles. The van der Waals surface area contributed by atoms with Gasteiger partial charge >= 0.3 is 0 Å². The zero-order valence-corrected chi connectivity index (χ0v) is 15.8.